The van der Waals surface area contributed by atoms with Gasteiger partial charge in [0.1, 0.15) is 5.25 Å². The van der Waals surface area contributed by atoms with E-state index in [9.17, 15) is 8.42 Å². The van der Waals surface area contributed by atoms with Gasteiger partial charge in [-0.15, -0.1) is 0 Å². The normalized spacial score (nSPS) is 12.9. The first-order valence-electron chi connectivity index (χ1n) is 3.88. The van der Waals surface area contributed by atoms with E-state index in [1.807, 2.05) is 6.92 Å². The van der Waals surface area contributed by atoms with Gasteiger partial charge in [-0.3, -0.25) is 0 Å². The van der Waals surface area contributed by atoms with Crippen LogP contribution in [0.25, 0.3) is 0 Å². The zero-order valence-electron chi connectivity index (χ0n) is 7.72. The average Bonchev–Trinajstić information content (AvgIpc) is 1.95. The summed E-state index contributed by atoms with van der Waals surface area (Å²) in [4.78, 5) is 0. The Morgan fingerprint density at radius 1 is 1.50 bits per heavy atom. The molecule has 4 heteroatoms. The van der Waals surface area contributed by atoms with Gasteiger partial charge in [0, 0.05) is 19.3 Å². The molecule has 0 heterocycles. The van der Waals surface area contributed by atoms with Crippen molar-refractivity contribution in [2.45, 2.75) is 25.0 Å². The van der Waals surface area contributed by atoms with Crippen LogP contribution in [0.3, 0.4) is 0 Å². The average molecular weight is 189 g/mol. The third kappa shape index (κ3) is 4.24. The first-order chi connectivity index (χ1) is 5.52. The van der Waals surface area contributed by atoms with E-state index in [4.69, 9.17) is 0 Å². The molecule has 0 saturated carbocycles. The fraction of sp³-hybridized carbons (Fsp3) is 0.750. The van der Waals surface area contributed by atoms with Crippen LogP contribution in [0.15, 0.2) is 0 Å². The highest BCUT2D eigenvalue weighted by molar-refractivity contribution is 7.91. The number of hydrogen-bond donors (Lipinski definition) is 1. The number of sulfone groups is 1. The topological polar surface area (TPSA) is 46.2 Å². The highest BCUT2D eigenvalue weighted by atomic mass is 32.2. The number of rotatable bonds is 3. The molecule has 0 fully saturated rings. The molecule has 1 N–H and O–H groups in total. The van der Waals surface area contributed by atoms with Crippen molar-refractivity contribution in [2.75, 3.05) is 13.3 Å². The molecule has 0 aromatic carbocycles. The third-order valence-corrected chi connectivity index (χ3v) is 2.81. The van der Waals surface area contributed by atoms with E-state index in [-0.39, 0.29) is 0 Å². The summed E-state index contributed by atoms with van der Waals surface area (Å²) in [5.41, 5.74) is 0. The van der Waals surface area contributed by atoms with E-state index >= 15 is 0 Å². The predicted molar refractivity (Wildman–Crippen MR) is 50.4 cm³/mol. The Labute approximate surface area is 74.5 Å². The molecule has 1 unspecified atom stereocenters. The van der Waals surface area contributed by atoms with Crippen molar-refractivity contribution < 1.29 is 8.42 Å². The number of nitrogens with one attached hydrogen (secondary N) is 1. The second-order valence-electron chi connectivity index (χ2n) is 2.63. The van der Waals surface area contributed by atoms with E-state index in [1.165, 1.54) is 6.26 Å². The zero-order valence-corrected chi connectivity index (χ0v) is 8.53. The Morgan fingerprint density at radius 3 is 2.42 bits per heavy atom. The molecule has 0 saturated heterocycles. The van der Waals surface area contributed by atoms with Gasteiger partial charge in [0.15, 0.2) is 9.84 Å². The summed E-state index contributed by atoms with van der Waals surface area (Å²) in [5.74, 6) is 2.66. The van der Waals surface area contributed by atoms with Gasteiger partial charge < -0.3 is 5.32 Å². The van der Waals surface area contributed by atoms with Gasteiger partial charge in [-0.2, -0.15) is 0 Å². The van der Waals surface area contributed by atoms with Crippen molar-refractivity contribution in [3.8, 4) is 12.0 Å². The van der Waals surface area contributed by atoms with E-state index in [0.29, 0.717) is 6.42 Å². The Hall–Kier alpha value is -0.690. The van der Waals surface area contributed by atoms with Gasteiger partial charge in [-0.1, -0.05) is 19.3 Å². The Morgan fingerprint density at radius 2 is 2.08 bits per heavy atom. The van der Waals surface area contributed by atoms with Crippen molar-refractivity contribution in [3.63, 3.8) is 0 Å². The molecule has 0 aromatic heterocycles. The van der Waals surface area contributed by atoms with Crippen molar-refractivity contribution in [1.82, 2.24) is 5.32 Å². The molecule has 0 aliphatic rings. The Bertz CT molecular complexity index is 271. The molecule has 0 spiro atoms. The van der Waals surface area contributed by atoms with Crippen LogP contribution in [0.4, 0.5) is 0 Å². The van der Waals surface area contributed by atoms with E-state index in [2.05, 4.69) is 17.3 Å². The molecule has 0 amide bonds. The van der Waals surface area contributed by atoms with Crippen LogP contribution >= 0.6 is 0 Å². The summed E-state index contributed by atoms with van der Waals surface area (Å²) >= 11 is 0. The summed E-state index contributed by atoms with van der Waals surface area (Å²) in [6, 6.07) is 2.56. The molecule has 1 atom stereocenters. The van der Waals surface area contributed by atoms with Crippen molar-refractivity contribution in [2.24, 2.45) is 0 Å². The van der Waals surface area contributed by atoms with E-state index in [1.54, 1.807) is 7.05 Å². The van der Waals surface area contributed by atoms with Crippen molar-refractivity contribution in [1.29, 1.82) is 0 Å². The molecule has 3 nitrogen and oxygen atoms in total. The Balaban J connectivity index is 4.45. The molecule has 12 heavy (non-hydrogen) atoms. The maximum Gasteiger partial charge on any atom is 0.161 e. The lowest BCUT2D eigenvalue weighted by atomic mass is 10.2. The minimum Gasteiger partial charge on any atom is -0.349 e. The van der Waals surface area contributed by atoms with Crippen LogP contribution in [0, 0.1) is 12.0 Å². The lowest BCUT2D eigenvalue weighted by Gasteiger charge is -2.05. The lowest BCUT2D eigenvalue weighted by Crippen LogP contribution is -2.18. The first-order valence-corrected chi connectivity index (χ1v) is 5.84. The summed E-state index contributed by atoms with van der Waals surface area (Å²) in [5, 5.41) is 2.08. The van der Waals surface area contributed by atoms with Gasteiger partial charge in [-0.25, -0.2) is 8.42 Å². The van der Waals surface area contributed by atoms with Gasteiger partial charge in [0.05, 0.1) is 0 Å². The van der Waals surface area contributed by atoms with E-state index < -0.39 is 15.1 Å². The lowest BCUT2D eigenvalue weighted by molar-refractivity contribution is 0.590. The highest BCUT2D eigenvalue weighted by Gasteiger charge is 2.16. The molecule has 0 rings (SSSR count). The zero-order chi connectivity index (χ0) is 9.61. The molecule has 0 aliphatic heterocycles. The van der Waals surface area contributed by atoms with Crippen LogP contribution in [0.5, 0.6) is 0 Å². The first kappa shape index (κ1) is 11.3. The highest BCUT2D eigenvalue weighted by Crippen LogP contribution is 2.05. The number of hydrogen-bond acceptors (Lipinski definition) is 3. The van der Waals surface area contributed by atoms with E-state index in [0.717, 1.165) is 6.42 Å². The minimum absolute atomic E-state index is 0.519. The van der Waals surface area contributed by atoms with Crippen LogP contribution < -0.4 is 5.32 Å². The minimum atomic E-state index is -3.01. The molecule has 70 valence electrons. The van der Waals surface area contributed by atoms with Gasteiger partial charge in [-0.05, 0) is 6.42 Å². The maximum absolute atomic E-state index is 11.1. The fourth-order valence-electron chi connectivity index (χ4n) is 0.808. The molecular weight excluding hydrogens is 174 g/mol. The van der Waals surface area contributed by atoms with Crippen LogP contribution in [0.1, 0.15) is 19.8 Å². The molecule has 0 bridgehead atoms. The molecule has 0 aliphatic carbocycles. The maximum atomic E-state index is 11.1. The molecule has 0 radical (unpaired) electrons. The molecule has 0 aromatic rings. The second-order valence-corrected chi connectivity index (χ2v) is 4.85. The smallest absolute Gasteiger partial charge is 0.161 e. The fourth-order valence-corrected chi connectivity index (χ4v) is 1.74. The monoisotopic (exact) mass is 189 g/mol. The van der Waals surface area contributed by atoms with Crippen LogP contribution in [-0.4, -0.2) is 27.0 Å². The summed E-state index contributed by atoms with van der Waals surface area (Å²) in [6.07, 6.45) is 2.65. The third-order valence-electron chi connectivity index (χ3n) is 1.43. The van der Waals surface area contributed by atoms with Crippen LogP contribution in [0.2, 0.25) is 0 Å². The van der Waals surface area contributed by atoms with Crippen molar-refractivity contribution in [3.05, 3.63) is 0 Å². The quantitative estimate of drug-likeness (QED) is 0.516. The van der Waals surface area contributed by atoms with Crippen molar-refractivity contribution >= 4 is 9.84 Å². The second kappa shape index (κ2) is 5.04. The predicted octanol–water partition coefficient (Wildman–Crippen LogP) is 0.380. The standard InChI is InChI=1S/C8H15NO2S/c1-4-5-8(6-7-9-2)12(3,10)11/h8-9H,4-5H2,1-3H3. The van der Waals surface area contributed by atoms with Gasteiger partial charge in [0.25, 0.3) is 0 Å². The summed E-state index contributed by atoms with van der Waals surface area (Å²) in [7, 11) is -1.35. The Kier molecular flexibility index (Phi) is 4.75. The summed E-state index contributed by atoms with van der Waals surface area (Å²) in [6.45, 7) is 1.94. The molecular formula is C8H15NO2S. The van der Waals surface area contributed by atoms with Gasteiger partial charge >= 0.3 is 0 Å². The van der Waals surface area contributed by atoms with Crippen LogP contribution in [-0.2, 0) is 9.84 Å². The summed E-state index contributed by atoms with van der Waals surface area (Å²) < 4.78 is 22.2. The van der Waals surface area contributed by atoms with Gasteiger partial charge in [0.2, 0.25) is 0 Å². The largest absolute Gasteiger partial charge is 0.349 e. The SMILES string of the molecule is CCCC(C#CNC)S(C)(=O)=O.